The molecule has 0 aromatic heterocycles. The van der Waals surface area contributed by atoms with E-state index in [2.05, 4.69) is 28.4 Å². The maximum atomic E-state index is 13.0. The topological polar surface area (TPSA) is 69.7 Å². The van der Waals surface area contributed by atoms with Gasteiger partial charge in [0.1, 0.15) is 0 Å². The molecular formula is C24H28ClN3O3S. The summed E-state index contributed by atoms with van der Waals surface area (Å²) in [7, 11) is -3.59. The lowest BCUT2D eigenvalue weighted by molar-refractivity contribution is -0.117. The summed E-state index contributed by atoms with van der Waals surface area (Å²) in [6.45, 7) is 2.75. The Hall–Kier alpha value is -2.19. The van der Waals surface area contributed by atoms with Crippen molar-refractivity contribution in [3.05, 3.63) is 65.2 Å². The first kappa shape index (κ1) is 23.0. The van der Waals surface area contributed by atoms with Gasteiger partial charge in [0, 0.05) is 26.2 Å². The molecule has 0 unspecified atom stereocenters. The van der Waals surface area contributed by atoms with Crippen LogP contribution < -0.4 is 5.32 Å². The molecule has 170 valence electrons. The zero-order valence-corrected chi connectivity index (χ0v) is 19.5. The van der Waals surface area contributed by atoms with E-state index >= 15 is 0 Å². The number of anilines is 1. The molecule has 0 saturated carbocycles. The number of benzene rings is 2. The van der Waals surface area contributed by atoms with Gasteiger partial charge in [-0.1, -0.05) is 54.4 Å². The Balaban J connectivity index is 1.39. The fraction of sp³-hybridized carbons (Fsp3) is 0.375. The number of sulfonamides is 1. The van der Waals surface area contributed by atoms with E-state index in [0.717, 1.165) is 32.2 Å². The maximum Gasteiger partial charge on any atom is 0.243 e. The molecule has 4 rings (SSSR count). The minimum atomic E-state index is -3.59. The third kappa shape index (κ3) is 5.41. The van der Waals surface area contributed by atoms with Crippen molar-refractivity contribution in [1.82, 2.24) is 9.21 Å². The number of amides is 1. The Morgan fingerprint density at radius 2 is 1.75 bits per heavy atom. The summed E-state index contributed by atoms with van der Waals surface area (Å²) >= 11 is 6.26. The van der Waals surface area contributed by atoms with Crippen molar-refractivity contribution in [2.75, 3.05) is 38.0 Å². The lowest BCUT2D eigenvalue weighted by atomic mass is 10.00. The molecule has 2 aliphatic rings. The van der Waals surface area contributed by atoms with Gasteiger partial charge in [-0.2, -0.15) is 4.31 Å². The molecule has 2 aliphatic heterocycles. The summed E-state index contributed by atoms with van der Waals surface area (Å²) in [5.41, 5.74) is 2.84. The summed E-state index contributed by atoms with van der Waals surface area (Å²) in [6.07, 6.45) is 5.82. The number of carbonyl (C=O) groups excluding carboxylic acids is 1. The molecule has 0 bridgehead atoms. The number of hydrogen-bond donors (Lipinski definition) is 1. The van der Waals surface area contributed by atoms with Crippen molar-refractivity contribution in [2.45, 2.75) is 30.6 Å². The van der Waals surface area contributed by atoms with Gasteiger partial charge in [0.05, 0.1) is 22.2 Å². The Bertz CT molecular complexity index is 1100. The SMILES string of the molecule is O=C(CN1CC=C(c2ccccc2)CC1)Nc1cc(S(=O)(=O)N2CCCCC2)ccc1Cl. The lowest BCUT2D eigenvalue weighted by Crippen LogP contribution is -2.36. The molecule has 0 spiro atoms. The van der Waals surface area contributed by atoms with Crippen LogP contribution in [-0.2, 0) is 14.8 Å². The van der Waals surface area contributed by atoms with Crippen molar-refractivity contribution in [3.8, 4) is 0 Å². The van der Waals surface area contributed by atoms with E-state index in [1.54, 1.807) is 0 Å². The number of piperidine rings is 1. The van der Waals surface area contributed by atoms with Gasteiger partial charge in [-0.3, -0.25) is 9.69 Å². The van der Waals surface area contributed by atoms with Crippen LogP contribution in [0.5, 0.6) is 0 Å². The average Bonchev–Trinajstić information content (AvgIpc) is 2.82. The number of carbonyl (C=O) groups is 1. The highest BCUT2D eigenvalue weighted by Gasteiger charge is 2.27. The normalized spacial score (nSPS) is 18.2. The molecule has 8 heteroatoms. The van der Waals surface area contributed by atoms with Crippen LogP contribution in [-0.4, -0.2) is 56.3 Å². The second-order valence-electron chi connectivity index (χ2n) is 8.24. The summed E-state index contributed by atoms with van der Waals surface area (Å²) in [6, 6.07) is 14.8. The molecule has 2 aromatic carbocycles. The number of halogens is 1. The summed E-state index contributed by atoms with van der Waals surface area (Å²) in [5.74, 6) is -0.212. The van der Waals surface area contributed by atoms with Crippen LogP contribution in [0.2, 0.25) is 5.02 Å². The highest BCUT2D eigenvalue weighted by Crippen LogP contribution is 2.28. The minimum absolute atomic E-state index is 0.160. The van der Waals surface area contributed by atoms with Gasteiger partial charge < -0.3 is 5.32 Å². The first-order chi connectivity index (χ1) is 15.4. The van der Waals surface area contributed by atoms with E-state index in [-0.39, 0.29) is 17.3 Å². The van der Waals surface area contributed by atoms with E-state index < -0.39 is 10.0 Å². The quantitative estimate of drug-likeness (QED) is 0.681. The molecule has 0 aliphatic carbocycles. The third-order valence-corrected chi connectivity index (χ3v) is 8.19. The Labute approximate surface area is 194 Å². The second-order valence-corrected chi connectivity index (χ2v) is 10.6. The van der Waals surface area contributed by atoms with Gasteiger partial charge in [-0.15, -0.1) is 0 Å². The number of rotatable bonds is 6. The van der Waals surface area contributed by atoms with Crippen LogP contribution in [0.15, 0.2) is 59.5 Å². The third-order valence-electron chi connectivity index (χ3n) is 5.97. The molecule has 1 fully saturated rings. The van der Waals surface area contributed by atoms with Crippen molar-refractivity contribution in [2.24, 2.45) is 0 Å². The lowest BCUT2D eigenvalue weighted by Gasteiger charge is -2.26. The zero-order valence-electron chi connectivity index (χ0n) is 18.0. The minimum Gasteiger partial charge on any atom is -0.324 e. The molecule has 0 radical (unpaired) electrons. The fourth-order valence-corrected chi connectivity index (χ4v) is 5.89. The van der Waals surface area contributed by atoms with Gasteiger partial charge in [-0.05, 0) is 48.6 Å². The van der Waals surface area contributed by atoms with Crippen LogP contribution in [0.3, 0.4) is 0 Å². The van der Waals surface area contributed by atoms with E-state index in [1.165, 1.54) is 33.6 Å². The van der Waals surface area contributed by atoms with Crippen molar-refractivity contribution in [3.63, 3.8) is 0 Å². The summed E-state index contributed by atoms with van der Waals surface area (Å²) in [5, 5.41) is 3.12. The first-order valence-electron chi connectivity index (χ1n) is 11.0. The molecule has 1 amide bonds. The predicted molar refractivity (Wildman–Crippen MR) is 128 cm³/mol. The molecule has 0 atom stereocenters. The van der Waals surface area contributed by atoms with E-state index in [1.807, 2.05) is 18.2 Å². The van der Waals surface area contributed by atoms with Crippen LogP contribution in [0, 0.1) is 0 Å². The molecular weight excluding hydrogens is 446 g/mol. The van der Waals surface area contributed by atoms with Crippen molar-refractivity contribution in [1.29, 1.82) is 0 Å². The molecule has 6 nitrogen and oxygen atoms in total. The van der Waals surface area contributed by atoms with Gasteiger partial charge in [0.2, 0.25) is 15.9 Å². The van der Waals surface area contributed by atoms with Gasteiger partial charge in [0.25, 0.3) is 0 Å². The fourth-order valence-electron chi connectivity index (χ4n) is 4.18. The Morgan fingerprint density at radius 3 is 2.44 bits per heavy atom. The van der Waals surface area contributed by atoms with Gasteiger partial charge in [0.15, 0.2) is 0 Å². The molecule has 2 aromatic rings. The van der Waals surface area contributed by atoms with Crippen LogP contribution in [0.1, 0.15) is 31.2 Å². The smallest absolute Gasteiger partial charge is 0.243 e. The van der Waals surface area contributed by atoms with E-state index in [4.69, 9.17) is 11.6 Å². The van der Waals surface area contributed by atoms with E-state index in [9.17, 15) is 13.2 Å². The van der Waals surface area contributed by atoms with Crippen LogP contribution in [0.4, 0.5) is 5.69 Å². The number of hydrogen-bond acceptors (Lipinski definition) is 4. The Morgan fingerprint density at radius 1 is 1.00 bits per heavy atom. The Kier molecular flexibility index (Phi) is 7.30. The highest BCUT2D eigenvalue weighted by molar-refractivity contribution is 7.89. The summed E-state index contributed by atoms with van der Waals surface area (Å²) in [4.78, 5) is 14.9. The maximum absolute atomic E-state index is 13.0. The predicted octanol–water partition coefficient (Wildman–Crippen LogP) is 4.24. The molecule has 1 N–H and O–H groups in total. The standard InChI is InChI=1S/C24H28ClN3O3S/c25-22-10-9-21(32(30,31)28-13-5-2-6-14-28)17-23(22)26-24(29)18-27-15-11-20(12-16-27)19-7-3-1-4-8-19/h1,3-4,7-11,17H,2,5-6,12-16,18H2,(H,26,29). The van der Waals surface area contributed by atoms with Crippen LogP contribution >= 0.6 is 11.6 Å². The second kappa shape index (κ2) is 10.2. The highest BCUT2D eigenvalue weighted by atomic mass is 35.5. The zero-order chi connectivity index (χ0) is 22.6. The van der Waals surface area contributed by atoms with Crippen molar-refractivity contribution >= 4 is 38.8 Å². The number of nitrogens with one attached hydrogen (secondary N) is 1. The first-order valence-corrected chi connectivity index (χ1v) is 12.8. The molecule has 2 heterocycles. The number of nitrogens with zero attached hydrogens (tertiary/aromatic N) is 2. The monoisotopic (exact) mass is 473 g/mol. The molecule has 32 heavy (non-hydrogen) atoms. The summed E-state index contributed by atoms with van der Waals surface area (Å²) < 4.78 is 27.4. The van der Waals surface area contributed by atoms with Crippen LogP contribution in [0.25, 0.3) is 5.57 Å². The molecule has 1 saturated heterocycles. The van der Waals surface area contributed by atoms with Gasteiger partial charge >= 0.3 is 0 Å². The van der Waals surface area contributed by atoms with E-state index in [0.29, 0.717) is 30.3 Å². The van der Waals surface area contributed by atoms with Gasteiger partial charge in [-0.25, -0.2) is 8.42 Å². The average molecular weight is 474 g/mol. The van der Waals surface area contributed by atoms with Crippen molar-refractivity contribution < 1.29 is 13.2 Å². The largest absolute Gasteiger partial charge is 0.324 e.